The molecular formula is C19H23N3O5S. The van der Waals surface area contributed by atoms with Crippen molar-refractivity contribution in [1.82, 2.24) is 9.21 Å². The fourth-order valence-corrected chi connectivity index (χ4v) is 4.67. The van der Waals surface area contributed by atoms with Crippen molar-refractivity contribution in [3.8, 4) is 11.5 Å². The molecule has 1 aliphatic carbocycles. The van der Waals surface area contributed by atoms with Crippen LogP contribution in [-0.4, -0.2) is 56.2 Å². The van der Waals surface area contributed by atoms with Crippen LogP contribution in [0.4, 0.5) is 0 Å². The molecule has 0 saturated heterocycles. The number of allylic oxidation sites excluding steroid dienone is 1. The average molecular weight is 405 g/mol. The zero-order chi connectivity index (χ0) is 19.9. The van der Waals surface area contributed by atoms with Crippen molar-refractivity contribution in [2.24, 2.45) is 4.40 Å². The Hall–Kier alpha value is -2.55. The summed E-state index contributed by atoms with van der Waals surface area (Å²) in [7, 11) is -0.901. The SMILES string of the molecule is CN(C(=O)C1=CC(c2ccc3c(c2)OCO3)=NS(=O)(=O)N1C)C1CCCCC1. The summed E-state index contributed by atoms with van der Waals surface area (Å²) in [5.41, 5.74) is 0.846. The monoisotopic (exact) mass is 405 g/mol. The van der Waals surface area contributed by atoms with Gasteiger partial charge in [-0.05, 0) is 37.1 Å². The minimum absolute atomic E-state index is 0.0933. The Morgan fingerprint density at radius 2 is 1.89 bits per heavy atom. The maximum Gasteiger partial charge on any atom is 0.345 e. The van der Waals surface area contributed by atoms with Crippen LogP contribution in [-0.2, 0) is 15.0 Å². The van der Waals surface area contributed by atoms with Gasteiger partial charge < -0.3 is 14.4 Å². The van der Waals surface area contributed by atoms with Crippen LogP contribution in [0.2, 0.25) is 0 Å². The number of benzene rings is 1. The number of rotatable bonds is 3. The zero-order valence-corrected chi connectivity index (χ0v) is 16.7. The molecular weight excluding hydrogens is 382 g/mol. The van der Waals surface area contributed by atoms with Gasteiger partial charge in [0.25, 0.3) is 5.91 Å². The van der Waals surface area contributed by atoms with E-state index in [0.29, 0.717) is 17.1 Å². The summed E-state index contributed by atoms with van der Waals surface area (Å²) in [5, 5.41) is 0. The predicted molar refractivity (Wildman–Crippen MR) is 104 cm³/mol. The Morgan fingerprint density at radius 3 is 2.64 bits per heavy atom. The number of ether oxygens (including phenoxy) is 2. The average Bonchev–Trinajstić information content (AvgIpc) is 3.17. The third kappa shape index (κ3) is 3.34. The lowest BCUT2D eigenvalue weighted by Gasteiger charge is -2.34. The Labute approximate surface area is 164 Å². The maximum atomic E-state index is 13.1. The molecule has 1 saturated carbocycles. The minimum atomic E-state index is -4.00. The topological polar surface area (TPSA) is 88.5 Å². The number of hydrogen-bond acceptors (Lipinski definition) is 5. The largest absolute Gasteiger partial charge is 0.454 e. The molecule has 0 spiro atoms. The number of likely N-dealkylation sites (N-methyl/N-ethyl adjacent to an activating group) is 2. The van der Waals surface area contributed by atoms with Gasteiger partial charge in [0.2, 0.25) is 6.79 Å². The van der Waals surface area contributed by atoms with Crippen LogP contribution < -0.4 is 9.47 Å². The van der Waals surface area contributed by atoms with Crippen LogP contribution in [0.25, 0.3) is 0 Å². The molecule has 1 aromatic carbocycles. The molecule has 1 fully saturated rings. The van der Waals surface area contributed by atoms with Crippen molar-refractivity contribution in [2.45, 2.75) is 38.1 Å². The minimum Gasteiger partial charge on any atom is -0.454 e. The molecule has 0 radical (unpaired) electrons. The van der Waals surface area contributed by atoms with Gasteiger partial charge in [-0.3, -0.25) is 4.79 Å². The second-order valence-corrected chi connectivity index (χ2v) is 8.85. The van der Waals surface area contributed by atoms with Crippen molar-refractivity contribution in [2.75, 3.05) is 20.9 Å². The Morgan fingerprint density at radius 1 is 1.18 bits per heavy atom. The van der Waals surface area contributed by atoms with Crippen molar-refractivity contribution in [3.05, 3.63) is 35.5 Å². The molecule has 0 atom stereocenters. The number of carbonyl (C=O) groups excluding carboxylic acids is 1. The van der Waals surface area contributed by atoms with Gasteiger partial charge in [-0.25, -0.2) is 4.31 Å². The van der Waals surface area contributed by atoms with E-state index in [1.165, 1.54) is 19.5 Å². The van der Waals surface area contributed by atoms with Crippen LogP contribution in [0.15, 0.2) is 34.4 Å². The van der Waals surface area contributed by atoms with Gasteiger partial charge in [0.15, 0.2) is 11.5 Å². The van der Waals surface area contributed by atoms with Gasteiger partial charge >= 0.3 is 10.2 Å². The number of hydrogen-bond donors (Lipinski definition) is 0. The van der Waals surface area contributed by atoms with E-state index in [2.05, 4.69) is 4.40 Å². The van der Waals surface area contributed by atoms with Gasteiger partial charge in [0.1, 0.15) is 5.70 Å². The first-order valence-corrected chi connectivity index (χ1v) is 10.7. The normalized spacial score (nSPS) is 21.1. The lowest BCUT2D eigenvalue weighted by Crippen LogP contribution is -2.44. The van der Waals surface area contributed by atoms with Crippen molar-refractivity contribution < 1.29 is 22.7 Å². The molecule has 150 valence electrons. The molecule has 4 rings (SSSR count). The Kier molecular flexibility index (Phi) is 4.78. The molecule has 0 N–H and O–H groups in total. The number of nitrogens with zero attached hydrogens (tertiary/aromatic N) is 3. The predicted octanol–water partition coefficient (Wildman–Crippen LogP) is 2.07. The highest BCUT2D eigenvalue weighted by Gasteiger charge is 2.34. The second kappa shape index (κ2) is 7.12. The van der Waals surface area contributed by atoms with Gasteiger partial charge in [0.05, 0.1) is 5.71 Å². The smallest absolute Gasteiger partial charge is 0.345 e. The summed E-state index contributed by atoms with van der Waals surface area (Å²) < 4.78 is 40.6. The highest BCUT2D eigenvalue weighted by Crippen LogP contribution is 2.34. The van der Waals surface area contributed by atoms with E-state index in [0.717, 1.165) is 30.0 Å². The summed E-state index contributed by atoms with van der Waals surface area (Å²) >= 11 is 0. The van der Waals surface area contributed by atoms with E-state index in [9.17, 15) is 13.2 Å². The first kappa shape index (κ1) is 18.8. The van der Waals surface area contributed by atoms with Gasteiger partial charge in [0, 0.05) is 25.7 Å². The zero-order valence-electron chi connectivity index (χ0n) is 15.9. The highest BCUT2D eigenvalue weighted by molar-refractivity contribution is 7.88. The third-order valence-electron chi connectivity index (χ3n) is 5.50. The van der Waals surface area contributed by atoms with E-state index in [-0.39, 0.29) is 30.2 Å². The quantitative estimate of drug-likeness (QED) is 0.768. The lowest BCUT2D eigenvalue weighted by molar-refractivity contribution is -0.129. The third-order valence-corrected chi connectivity index (χ3v) is 6.82. The number of fused-ring (bicyclic) bond motifs is 1. The van der Waals surface area contributed by atoms with Crippen LogP contribution in [0.1, 0.15) is 37.7 Å². The molecule has 1 aromatic rings. The molecule has 3 aliphatic rings. The van der Waals surface area contributed by atoms with Crippen molar-refractivity contribution >= 4 is 21.8 Å². The fraction of sp³-hybridized carbons (Fsp3) is 0.474. The van der Waals surface area contributed by atoms with E-state index in [1.54, 1.807) is 30.1 Å². The van der Waals surface area contributed by atoms with Gasteiger partial charge in [-0.2, -0.15) is 8.42 Å². The van der Waals surface area contributed by atoms with E-state index < -0.39 is 10.2 Å². The summed E-state index contributed by atoms with van der Waals surface area (Å²) in [6.45, 7) is 0.123. The van der Waals surface area contributed by atoms with Gasteiger partial charge in [-0.15, -0.1) is 4.40 Å². The van der Waals surface area contributed by atoms with E-state index in [1.807, 2.05) is 0 Å². The van der Waals surface area contributed by atoms with Gasteiger partial charge in [-0.1, -0.05) is 19.3 Å². The Balaban J connectivity index is 1.68. The van der Waals surface area contributed by atoms with Crippen LogP contribution in [0.5, 0.6) is 11.5 Å². The molecule has 2 heterocycles. The van der Waals surface area contributed by atoms with Crippen molar-refractivity contribution in [1.29, 1.82) is 0 Å². The molecule has 0 aromatic heterocycles. The Bertz CT molecular complexity index is 964. The molecule has 28 heavy (non-hydrogen) atoms. The second-order valence-electron chi connectivity index (χ2n) is 7.23. The van der Waals surface area contributed by atoms with E-state index in [4.69, 9.17) is 9.47 Å². The first-order chi connectivity index (χ1) is 13.4. The maximum absolute atomic E-state index is 13.1. The molecule has 9 heteroatoms. The van der Waals surface area contributed by atoms with Crippen LogP contribution in [0, 0.1) is 0 Å². The number of amides is 1. The fourth-order valence-electron chi connectivity index (χ4n) is 3.76. The van der Waals surface area contributed by atoms with Crippen LogP contribution >= 0.6 is 0 Å². The van der Waals surface area contributed by atoms with E-state index >= 15 is 0 Å². The highest BCUT2D eigenvalue weighted by atomic mass is 32.2. The first-order valence-electron chi connectivity index (χ1n) is 9.34. The molecule has 0 bridgehead atoms. The standard InChI is InChI=1S/C19H23N3O5S/c1-21(14-6-4-3-5-7-14)19(23)16-11-15(20-28(24,25)22(16)2)13-8-9-17-18(10-13)27-12-26-17/h8-11,14H,3-7,12H2,1-2H3. The summed E-state index contributed by atoms with van der Waals surface area (Å²) in [6, 6.07) is 5.21. The summed E-state index contributed by atoms with van der Waals surface area (Å²) in [5.74, 6) is 0.806. The molecule has 8 nitrogen and oxygen atoms in total. The van der Waals surface area contributed by atoms with Crippen LogP contribution in [0.3, 0.4) is 0 Å². The molecule has 2 aliphatic heterocycles. The van der Waals surface area contributed by atoms with Crippen molar-refractivity contribution in [3.63, 3.8) is 0 Å². The molecule has 0 unspecified atom stereocenters. The lowest BCUT2D eigenvalue weighted by atomic mass is 9.94. The summed E-state index contributed by atoms with van der Waals surface area (Å²) in [4.78, 5) is 14.8. The number of carbonyl (C=O) groups is 1. The summed E-state index contributed by atoms with van der Waals surface area (Å²) in [6.07, 6.45) is 6.75. The molecule has 1 amide bonds.